The van der Waals surface area contributed by atoms with Gasteiger partial charge in [-0.1, -0.05) is 12.1 Å². The lowest BCUT2D eigenvalue weighted by Crippen LogP contribution is -2.16. The van der Waals surface area contributed by atoms with E-state index in [-0.39, 0.29) is 12.0 Å². The fraction of sp³-hybridized carbons (Fsp3) is 0.500. The quantitative estimate of drug-likeness (QED) is 0.874. The van der Waals surface area contributed by atoms with Gasteiger partial charge >= 0.3 is 5.97 Å². The zero-order valence-electron chi connectivity index (χ0n) is 10.3. The van der Waals surface area contributed by atoms with Gasteiger partial charge in [0.2, 0.25) is 0 Å². The summed E-state index contributed by atoms with van der Waals surface area (Å²) in [6.07, 6.45) is 2.24. The van der Waals surface area contributed by atoms with Crippen molar-refractivity contribution in [2.45, 2.75) is 39.2 Å². The Labute approximate surface area is 101 Å². The SMILES string of the molecule is Cc1cccc(OC2CCC(C(=O)O)C2)c1C. The van der Waals surface area contributed by atoms with Gasteiger partial charge in [-0.2, -0.15) is 0 Å². The van der Waals surface area contributed by atoms with E-state index >= 15 is 0 Å². The van der Waals surface area contributed by atoms with E-state index < -0.39 is 5.97 Å². The first-order valence-electron chi connectivity index (χ1n) is 6.03. The molecule has 0 aromatic heterocycles. The minimum absolute atomic E-state index is 0.0524. The average molecular weight is 234 g/mol. The summed E-state index contributed by atoms with van der Waals surface area (Å²) >= 11 is 0. The second kappa shape index (κ2) is 4.78. The van der Waals surface area contributed by atoms with Crippen molar-refractivity contribution in [2.75, 3.05) is 0 Å². The fourth-order valence-corrected chi connectivity index (χ4v) is 2.30. The van der Waals surface area contributed by atoms with E-state index in [0.29, 0.717) is 6.42 Å². The van der Waals surface area contributed by atoms with Crippen LogP contribution < -0.4 is 4.74 Å². The predicted molar refractivity (Wildman–Crippen MR) is 65.3 cm³/mol. The van der Waals surface area contributed by atoms with Crippen LogP contribution in [-0.2, 0) is 4.79 Å². The summed E-state index contributed by atoms with van der Waals surface area (Å²) in [6.45, 7) is 4.09. The van der Waals surface area contributed by atoms with Crippen LogP contribution >= 0.6 is 0 Å². The molecular weight excluding hydrogens is 216 g/mol. The molecule has 0 heterocycles. The monoisotopic (exact) mass is 234 g/mol. The molecule has 92 valence electrons. The maximum Gasteiger partial charge on any atom is 0.306 e. The van der Waals surface area contributed by atoms with Gasteiger partial charge in [-0.15, -0.1) is 0 Å². The summed E-state index contributed by atoms with van der Waals surface area (Å²) in [7, 11) is 0. The van der Waals surface area contributed by atoms with Crippen LogP contribution in [0.1, 0.15) is 30.4 Å². The van der Waals surface area contributed by atoms with Gasteiger partial charge in [0, 0.05) is 0 Å². The molecule has 17 heavy (non-hydrogen) atoms. The van der Waals surface area contributed by atoms with Gasteiger partial charge in [-0.25, -0.2) is 0 Å². The van der Waals surface area contributed by atoms with Crippen LogP contribution in [0.2, 0.25) is 0 Å². The van der Waals surface area contributed by atoms with E-state index in [1.165, 1.54) is 5.56 Å². The molecule has 0 spiro atoms. The topological polar surface area (TPSA) is 46.5 Å². The molecule has 3 nitrogen and oxygen atoms in total. The van der Waals surface area contributed by atoms with Crippen molar-refractivity contribution in [3.05, 3.63) is 29.3 Å². The number of rotatable bonds is 3. The summed E-state index contributed by atoms with van der Waals surface area (Å²) in [5, 5.41) is 8.94. The smallest absolute Gasteiger partial charge is 0.306 e. The van der Waals surface area contributed by atoms with E-state index in [9.17, 15) is 4.79 Å². The zero-order valence-corrected chi connectivity index (χ0v) is 10.3. The second-order valence-corrected chi connectivity index (χ2v) is 4.79. The molecule has 3 heteroatoms. The second-order valence-electron chi connectivity index (χ2n) is 4.79. The van der Waals surface area contributed by atoms with E-state index in [2.05, 4.69) is 13.0 Å². The normalized spacial score (nSPS) is 23.6. The lowest BCUT2D eigenvalue weighted by molar-refractivity contribution is -0.141. The van der Waals surface area contributed by atoms with E-state index in [4.69, 9.17) is 9.84 Å². The lowest BCUT2D eigenvalue weighted by atomic mass is 10.1. The highest BCUT2D eigenvalue weighted by molar-refractivity contribution is 5.70. The van der Waals surface area contributed by atoms with Crippen LogP contribution in [0.15, 0.2) is 18.2 Å². The molecule has 1 aliphatic rings. The summed E-state index contributed by atoms with van der Waals surface area (Å²) < 4.78 is 5.90. The van der Waals surface area contributed by atoms with Crippen molar-refractivity contribution in [1.29, 1.82) is 0 Å². The van der Waals surface area contributed by atoms with Crippen molar-refractivity contribution >= 4 is 5.97 Å². The van der Waals surface area contributed by atoms with Gasteiger partial charge in [0.05, 0.1) is 12.0 Å². The predicted octanol–water partition coefficient (Wildman–Crippen LogP) is 2.94. The molecule has 0 bridgehead atoms. The first-order valence-corrected chi connectivity index (χ1v) is 6.03. The molecule has 2 unspecified atom stereocenters. The fourth-order valence-electron chi connectivity index (χ4n) is 2.30. The summed E-state index contributed by atoms with van der Waals surface area (Å²) in [6, 6.07) is 5.98. The molecule has 2 rings (SSSR count). The number of hydrogen-bond acceptors (Lipinski definition) is 2. The molecule has 0 saturated heterocycles. The van der Waals surface area contributed by atoms with Gasteiger partial charge in [0.1, 0.15) is 5.75 Å². The Morgan fingerprint density at radius 2 is 2.12 bits per heavy atom. The van der Waals surface area contributed by atoms with Gasteiger partial charge in [-0.3, -0.25) is 4.79 Å². The number of benzene rings is 1. The molecule has 0 aliphatic heterocycles. The third-order valence-electron chi connectivity index (χ3n) is 3.58. The maximum absolute atomic E-state index is 10.9. The first kappa shape index (κ1) is 12.0. The number of carboxylic acid groups (broad SMARTS) is 1. The van der Waals surface area contributed by atoms with Crippen LogP contribution in [0.25, 0.3) is 0 Å². The Morgan fingerprint density at radius 1 is 1.35 bits per heavy atom. The number of aryl methyl sites for hydroxylation is 1. The molecule has 1 aliphatic carbocycles. The maximum atomic E-state index is 10.9. The number of carbonyl (C=O) groups is 1. The van der Waals surface area contributed by atoms with Crippen LogP contribution in [0.3, 0.4) is 0 Å². The highest BCUT2D eigenvalue weighted by Gasteiger charge is 2.31. The van der Waals surface area contributed by atoms with Crippen molar-refractivity contribution in [1.82, 2.24) is 0 Å². The Morgan fingerprint density at radius 3 is 2.76 bits per heavy atom. The van der Waals surface area contributed by atoms with Crippen molar-refractivity contribution in [2.24, 2.45) is 5.92 Å². The minimum Gasteiger partial charge on any atom is -0.490 e. The van der Waals surface area contributed by atoms with Crippen molar-refractivity contribution in [3.63, 3.8) is 0 Å². The summed E-state index contributed by atoms with van der Waals surface area (Å²) in [5.41, 5.74) is 2.35. The number of aliphatic carboxylic acids is 1. The number of carboxylic acids is 1. The Kier molecular flexibility index (Phi) is 3.36. The molecule has 0 radical (unpaired) electrons. The van der Waals surface area contributed by atoms with Crippen LogP contribution in [0.5, 0.6) is 5.75 Å². The molecule has 1 aromatic carbocycles. The molecule has 2 atom stereocenters. The minimum atomic E-state index is -0.697. The van der Waals surface area contributed by atoms with E-state index in [0.717, 1.165) is 24.2 Å². The Balaban J connectivity index is 2.03. The summed E-state index contributed by atoms with van der Waals surface area (Å²) in [4.78, 5) is 10.9. The van der Waals surface area contributed by atoms with E-state index in [1.54, 1.807) is 0 Å². The molecule has 0 amide bonds. The van der Waals surface area contributed by atoms with Crippen molar-refractivity contribution in [3.8, 4) is 5.75 Å². The third kappa shape index (κ3) is 2.60. The molecule has 1 fully saturated rings. The van der Waals surface area contributed by atoms with Crippen LogP contribution in [0, 0.1) is 19.8 Å². The van der Waals surface area contributed by atoms with Gasteiger partial charge < -0.3 is 9.84 Å². The van der Waals surface area contributed by atoms with Gasteiger partial charge in [0.15, 0.2) is 0 Å². The van der Waals surface area contributed by atoms with Gasteiger partial charge in [-0.05, 0) is 50.3 Å². The summed E-state index contributed by atoms with van der Waals surface area (Å²) in [5.74, 6) is -0.0387. The van der Waals surface area contributed by atoms with Gasteiger partial charge in [0.25, 0.3) is 0 Å². The molecule has 1 saturated carbocycles. The average Bonchev–Trinajstić information content (AvgIpc) is 2.73. The largest absolute Gasteiger partial charge is 0.490 e. The first-order chi connectivity index (χ1) is 8.08. The third-order valence-corrected chi connectivity index (χ3v) is 3.58. The number of ether oxygens (including phenoxy) is 1. The standard InChI is InChI=1S/C14H18O3/c1-9-4-3-5-13(10(9)2)17-12-7-6-11(8-12)14(15)16/h3-5,11-12H,6-8H2,1-2H3,(H,15,16). The lowest BCUT2D eigenvalue weighted by Gasteiger charge is -2.16. The highest BCUT2D eigenvalue weighted by atomic mass is 16.5. The molecular formula is C14H18O3. The van der Waals surface area contributed by atoms with Crippen molar-refractivity contribution < 1.29 is 14.6 Å². The van der Waals surface area contributed by atoms with Crippen LogP contribution in [-0.4, -0.2) is 17.2 Å². The number of hydrogen-bond donors (Lipinski definition) is 1. The Hall–Kier alpha value is -1.51. The zero-order chi connectivity index (χ0) is 12.4. The van der Waals surface area contributed by atoms with E-state index in [1.807, 2.05) is 19.1 Å². The highest BCUT2D eigenvalue weighted by Crippen LogP contribution is 2.31. The Bertz CT molecular complexity index is 425. The molecule has 1 N–H and O–H groups in total. The van der Waals surface area contributed by atoms with Crippen LogP contribution in [0.4, 0.5) is 0 Å². The molecule has 1 aromatic rings.